The van der Waals surface area contributed by atoms with Crippen LogP contribution in [0.25, 0.3) is 0 Å². The fourth-order valence-corrected chi connectivity index (χ4v) is 2.40. The van der Waals surface area contributed by atoms with Gasteiger partial charge in [0.1, 0.15) is 12.2 Å². The first-order chi connectivity index (χ1) is 7.41. The molecule has 0 aromatic carbocycles. The van der Waals surface area contributed by atoms with Crippen LogP contribution in [0.5, 0.6) is 0 Å². The van der Waals surface area contributed by atoms with Crippen molar-refractivity contribution in [3.8, 4) is 0 Å². The Hall–Kier alpha value is -1.14. The van der Waals surface area contributed by atoms with Gasteiger partial charge in [0, 0.05) is 13.8 Å². The maximum atomic E-state index is 11.2. The summed E-state index contributed by atoms with van der Waals surface area (Å²) >= 11 is 0. The van der Waals surface area contributed by atoms with Crippen molar-refractivity contribution in [1.82, 2.24) is 0 Å². The van der Waals surface area contributed by atoms with Crippen molar-refractivity contribution in [3.05, 3.63) is 0 Å². The Bertz CT molecular complexity index is 344. The normalized spacial score (nSPS) is 50.6. The lowest BCUT2D eigenvalue weighted by molar-refractivity contribution is -0.383. The zero-order chi connectivity index (χ0) is 11.6. The predicted octanol–water partition coefficient (Wildman–Crippen LogP) is 0.0966. The maximum Gasteiger partial charge on any atom is 0.311 e. The van der Waals surface area contributed by atoms with Gasteiger partial charge in [0.05, 0.1) is 12.8 Å². The summed E-state index contributed by atoms with van der Waals surface area (Å²) in [6.45, 7) is 3.29. The molecule has 16 heavy (non-hydrogen) atoms. The number of rotatable bonds is 0. The van der Waals surface area contributed by atoms with Gasteiger partial charge in [0.25, 0.3) is 0 Å². The molecule has 3 saturated heterocycles. The van der Waals surface area contributed by atoms with Crippen LogP contribution in [0.1, 0.15) is 26.7 Å². The highest BCUT2D eigenvalue weighted by molar-refractivity contribution is 5.74. The first-order valence-electron chi connectivity index (χ1n) is 5.21. The number of carbonyl (C=O) groups excluding carboxylic acids is 2. The van der Waals surface area contributed by atoms with Crippen LogP contribution in [0.4, 0.5) is 0 Å². The summed E-state index contributed by atoms with van der Waals surface area (Å²) in [5.41, 5.74) is 0. The topological polar surface area (TPSA) is 71.1 Å². The van der Waals surface area contributed by atoms with Crippen molar-refractivity contribution in [1.29, 1.82) is 0 Å². The number of fused-ring (bicyclic) bond motifs is 2. The van der Waals surface area contributed by atoms with Crippen LogP contribution in [0, 0.1) is 0 Å². The fourth-order valence-electron chi connectivity index (χ4n) is 2.40. The van der Waals surface area contributed by atoms with Gasteiger partial charge >= 0.3 is 11.9 Å². The van der Waals surface area contributed by atoms with E-state index in [4.69, 9.17) is 18.9 Å². The van der Waals surface area contributed by atoms with Gasteiger partial charge in [-0.1, -0.05) is 0 Å². The minimum absolute atomic E-state index is 0.121. The Labute approximate surface area is 91.8 Å². The number of hydrogen-bond acceptors (Lipinski definition) is 6. The van der Waals surface area contributed by atoms with Gasteiger partial charge < -0.3 is 18.9 Å². The summed E-state index contributed by atoms with van der Waals surface area (Å²) < 4.78 is 21.5. The molecule has 6 heteroatoms. The Morgan fingerprint density at radius 1 is 0.938 bits per heavy atom. The quantitative estimate of drug-likeness (QED) is 0.547. The second kappa shape index (κ2) is 2.75. The van der Waals surface area contributed by atoms with Gasteiger partial charge in [-0.3, -0.25) is 9.59 Å². The summed E-state index contributed by atoms with van der Waals surface area (Å²) in [5.74, 6) is -2.89. The first-order valence-corrected chi connectivity index (χ1v) is 5.21. The molecule has 0 saturated carbocycles. The van der Waals surface area contributed by atoms with Crippen LogP contribution in [0.2, 0.25) is 0 Å². The van der Waals surface area contributed by atoms with Crippen molar-refractivity contribution in [2.24, 2.45) is 0 Å². The number of esters is 2. The van der Waals surface area contributed by atoms with Crippen molar-refractivity contribution < 1.29 is 28.5 Å². The molecule has 0 radical (unpaired) electrons. The second-order valence-corrected chi connectivity index (χ2v) is 4.60. The number of carbonyl (C=O) groups is 2. The average molecular weight is 228 g/mol. The molecule has 3 fully saturated rings. The molecule has 3 aliphatic rings. The molecular formula is C10H12O6. The third-order valence-electron chi connectivity index (χ3n) is 3.26. The molecule has 4 atom stereocenters. The fraction of sp³-hybridized carbons (Fsp3) is 0.800. The van der Waals surface area contributed by atoms with Crippen molar-refractivity contribution in [2.75, 3.05) is 0 Å². The largest absolute Gasteiger partial charge is 0.430 e. The minimum atomic E-state index is -1.09. The van der Waals surface area contributed by atoms with Gasteiger partial charge in [-0.15, -0.1) is 0 Å². The maximum absolute atomic E-state index is 11.2. The number of ether oxygens (including phenoxy) is 4. The molecule has 6 nitrogen and oxygen atoms in total. The third kappa shape index (κ3) is 1.20. The highest BCUT2D eigenvalue weighted by Gasteiger charge is 2.63. The van der Waals surface area contributed by atoms with E-state index in [1.807, 2.05) is 0 Å². The van der Waals surface area contributed by atoms with E-state index in [1.165, 1.54) is 0 Å². The lowest BCUT2D eigenvalue weighted by Crippen LogP contribution is -2.58. The van der Waals surface area contributed by atoms with Crippen LogP contribution in [0.3, 0.4) is 0 Å². The number of hydrogen-bond donors (Lipinski definition) is 0. The highest BCUT2D eigenvalue weighted by atomic mass is 16.8. The Kier molecular flexibility index (Phi) is 1.73. The second-order valence-electron chi connectivity index (χ2n) is 4.60. The monoisotopic (exact) mass is 228 g/mol. The molecule has 88 valence electrons. The molecule has 3 rings (SSSR count). The van der Waals surface area contributed by atoms with Crippen molar-refractivity contribution in [3.63, 3.8) is 0 Å². The lowest BCUT2D eigenvalue weighted by Gasteiger charge is -2.44. The molecule has 0 spiro atoms. The summed E-state index contributed by atoms with van der Waals surface area (Å²) in [7, 11) is 0. The standard InChI is InChI=1S/C10H12O6/c1-9-5(3-7(11)15-9)14-10(2)6(13-9)4-8(12)16-10/h5-6H,3-4H2,1-2H3. The Morgan fingerprint density at radius 2 is 1.31 bits per heavy atom. The highest BCUT2D eigenvalue weighted by Crippen LogP contribution is 2.45. The van der Waals surface area contributed by atoms with E-state index >= 15 is 0 Å². The molecule has 0 aromatic rings. The SMILES string of the molecule is CC12OC(=O)CC1OC1(C)OC(=O)CC1O2. The van der Waals surface area contributed by atoms with Crippen molar-refractivity contribution in [2.45, 2.75) is 50.5 Å². The van der Waals surface area contributed by atoms with E-state index in [0.717, 1.165) is 0 Å². The molecule has 0 aliphatic carbocycles. The van der Waals surface area contributed by atoms with E-state index in [1.54, 1.807) is 13.8 Å². The molecule has 0 amide bonds. The van der Waals surface area contributed by atoms with Crippen LogP contribution in [-0.4, -0.2) is 35.7 Å². The summed E-state index contributed by atoms with van der Waals surface area (Å²) in [4.78, 5) is 22.4. The smallest absolute Gasteiger partial charge is 0.311 e. The van der Waals surface area contributed by atoms with Gasteiger partial charge in [0.2, 0.25) is 11.6 Å². The van der Waals surface area contributed by atoms with Crippen LogP contribution >= 0.6 is 0 Å². The zero-order valence-electron chi connectivity index (χ0n) is 9.02. The predicted molar refractivity (Wildman–Crippen MR) is 48.0 cm³/mol. The van der Waals surface area contributed by atoms with Gasteiger partial charge in [0.15, 0.2) is 0 Å². The van der Waals surface area contributed by atoms with E-state index in [2.05, 4.69) is 0 Å². The van der Waals surface area contributed by atoms with Crippen molar-refractivity contribution >= 4 is 11.9 Å². The molecule has 0 aromatic heterocycles. The Morgan fingerprint density at radius 3 is 1.69 bits per heavy atom. The first kappa shape index (κ1) is 10.0. The van der Waals surface area contributed by atoms with E-state index in [9.17, 15) is 9.59 Å². The van der Waals surface area contributed by atoms with E-state index in [-0.39, 0.29) is 24.8 Å². The molecule has 3 aliphatic heterocycles. The molecule has 4 unspecified atom stereocenters. The summed E-state index contributed by atoms with van der Waals surface area (Å²) in [6, 6.07) is 0. The van der Waals surface area contributed by atoms with Crippen LogP contribution in [0.15, 0.2) is 0 Å². The lowest BCUT2D eigenvalue weighted by atomic mass is 10.0. The van der Waals surface area contributed by atoms with Gasteiger partial charge in [-0.2, -0.15) is 0 Å². The zero-order valence-corrected chi connectivity index (χ0v) is 9.02. The average Bonchev–Trinajstić information content (AvgIpc) is 2.52. The van der Waals surface area contributed by atoms with Crippen LogP contribution < -0.4 is 0 Å². The molecule has 0 bridgehead atoms. The van der Waals surface area contributed by atoms with E-state index in [0.29, 0.717) is 0 Å². The van der Waals surface area contributed by atoms with Gasteiger partial charge in [-0.05, 0) is 0 Å². The molecule has 3 heterocycles. The third-order valence-corrected chi connectivity index (χ3v) is 3.26. The van der Waals surface area contributed by atoms with Gasteiger partial charge in [-0.25, -0.2) is 0 Å². The summed E-state index contributed by atoms with van der Waals surface area (Å²) in [5, 5.41) is 0. The molecule has 0 N–H and O–H groups in total. The minimum Gasteiger partial charge on any atom is -0.430 e. The molecular weight excluding hydrogens is 216 g/mol. The van der Waals surface area contributed by atoms with Crippen LogP contribution in [-0.2, 0) is 28.5 Å². The van der Waals surface area contributed by atoms with E-state index < -0.39 is 23.8 Å². The summed E-state index contributed by atoms with van der Waals surface area (Å²) in [6.07, 6.45) is -0.800. The Balaban J connectivity index is 1.91.